The molecule has 2 aliphatic rings. The number of anilines is 1. The van der Waals surface area contributed by atoms with Gasteiger partial charge < -0.3 is 19.9 Å². The standard InChI is InChI=1S/C13H15FN2O4/c14-7-2-1-3-8(4-7)16-13(17)20-10-6-19-11-9(15)5-18-12(10)11/h1-4,9-12H,5-6,15H2,(H,16,17)/t9-,10-,11+,12-/m0/s1. The van der Waals surface area contributed by atoms with Crippen molar-refractivity contribution in [1.82, 2.24) is 0 Å². The number of fused-ring (bicyclic) bond motifs is 1. The van der Waals surface area contributed by atoms with Crippen LogP contribution in [0.1, 0.15) is 0 Å². The van der Waals surface area contributed by atoms with Gasteiger partial charge >= 0.3 is 6.09 Å². The van der Waals surface area contributed by atoms with Gasteiger partial charge in [0, 0.05) is 5.69 Å². The van der Waals surface area contributed by atoms with Crippen LogP contribution in [0, 0.1) is 5.82 Å². The van der Waals surface area contributed by atoms with Gasteiger partial charge in [0.25, 0.3) is 0 Å². The Bertz CT molecular complexity index is 513. The second-order valence-electron chi connectivity index (χ2n) is 4.84. The molecular weight excluding hydrogens is 267 g/mol. The van der Waals surface area contributed by atoms with Gasteiger partial charge in [-0.25, -0.2) is 9.18 Å². The molecular formula is C13H15FN2O4. The van der Waals surface area contributed by atoms with Crippen LogP contribution in [0.2, 0.25) is 0 Å². The van der Waals surface area contributed by atoms with E-state index in [0.29, 0.717) is 12.3 Å². The molecule has 2 heterocycles. The minimum atomic E-state index is -0.672. The molecule has 1 amide bonds. The van der Waals surface area contributed by atoms with E-state index < -0.39 is 18.0 Å². The maximum atomic E-state index is 13.0. The van der Waals surface area contributed by atoms with E-state index in [9.17, 15) is 9.18 Å². The number of halogens is 1. The first-order chi connectivity index (χ1) is 9.63. The molecule has 20 heavy (non-hydrogen) atoms. The van der Waals surface area contributed by atoms with Crippen molar-refractivity contribution in [3.8, 4) is 0 Å². The van der Waals surface area contributed by atoms with Gasteiger partial charge in [0.15, 0.2) is 6.10 Å². The van der Waals surface area contributed by atoms with E-state index in [1.54, 1.807) is 6.07 Å². The molecule has 4 atom stereocenters. The lowest BCUT2D eigenvalue weighted by molar-refractivity contribution is 0.00899. The second kappa shape index (κ2) is 5.35. The Morgan fingerprint density at radius 2 is 2.15 bits per heavy atom. The summed E-state index contributed by atoms with van der Waals surface area (Å²) in [6, 6.07) is 5.37. The molecule has 0 saturated carbocycles. The summed E-state index contributed by atoms with van der Waals surface area (Å²) in [5, 5.41) is 2.46. The zero-order chi connectivity index (χ0) is 14.1. The molecule has 0 bridgehead atoms. The van der Waals surface area contributed by atoms with Crippen molar-refractivity contribution < 1.29 is 23.4 Å². The molecule has 1 aromatic carbocycles. The van der Waals surface area contributed by atoms with E-state index in [1.165, 1.54) is 18.2 Å². The number of benzene rings is 1. The average molecular weight is 282 g/mol. The molecule has 3 N–H and O–H groups in total. The van der Waals surface area contributed by atoms with Crippen molar-refractivity contribution in [2.75, 3.05) is 18.5 Å². The number of hydrogen-bond donors (Lipinski definition) is 2. The topological polar surface area (TPSA) is 82.8 Å². The van der Waals surface area contributed by atoms with Crippen LogP contribution in [0.4, 0.5) is 14.9 Å². The number of hydrogen-bond acceptors (Lipinski definition) is 5. The fourth-order valence-electron chi connectivity index (χ4n) is 2.45. The van der Waals surface area contributed by atoms with Crippen molar-refractivity contribution >= 4 is 11.8 Å². The monoisotopic (exact) mass is 282 g/mol. The summed E-state index contributed by atoms with van der Waals surface area (Å²) in [4.78, 5) is 11.8. The summed E-state index contributed by atoms with van der Waals surface area (Å²) < 4.78 is 29.1. The van der Waals surface area contributed by atoms with Crippen molar-refractivity contribution in [2.45, 2.75) is 24.4 Å². The maximum Gasteiger partial charge on any atom is 0.412 e. The highest BCUT2D eigenvalue weighted by Gasteiger charge is 2.48. The number of carbonyl (C=O) groups is 1. The Morgan fingerprint density at radius 1 is 1.35 bits per heavy atom. The van der Waals surface area contributed by atoms with Crippen LogP contribution < -0.4 is 11.1 Å². The zero-order valence-corrected chi connectivity index (χ0v) is 10.6. The Labute approximate surface area is 115 Å². The average Bonchev–Trinajstić information content (AvgIpc) is 2.94. The number of nitrogens with two attached hydrogens (primary N) is 1. The number of nitrogens with one attached hydrogen (secondary N) is 1. The molecule has 2 saturated heterocycles. The Kier molecular flexibility index (Phi) is 3.56. The smallest absolute Gasteiger partial charge is 0.412 e. The van der Waals surface area contributed by atoms with Gasteiger partial charge in [-0.15, -0.1) is 0 Å². The molecule has 2 aliphatic heterocycles. The van der Waals surface area contributed by atoms with Crippen LogP contribution >= 0.6 is 0 Å². The van der Waals surface area contributed by atoms with Gasteiger partial charge in [-0.2, -0.15) is 0 Å². The van der Waals surface area contributed by atoms with Crippen molar-refractivity contribution in [3.63, 3.8) is 0 Å². The third-order valence-corrected chi connectivity index (χ3v) is 3.38. The largest absolute Gasteiger partial charge is 0.441 e. The molecule has 0 spiro atoms. The highest BCUT2D eigenvalue weighted by molar-refractivity contribution is 5.84. The summed E-state index contributed by atoms with van der Waals surface area (Å²) in [7, 11) is 0. The number of carbonyl (C=O) groups excluding carboxylic acids is 1. The first kappa shape index (κ1) is 13.3. The predicted molar refractivity (Wildman–Crippen MR) is 67.7 cm³/mol. The van der Waals surface area contributed by atoms with Gasteiger partial charge in [-0.3, -0.25) is 5.32 Å². The van der Waals surface area contributed by atoms with Crippen molar-refractivity contribution in [2.24, 2.45) is 5.73 Å². The molecule has 1 aromatic rings. The second-order valence-corrected chi connectivity index (χ2v) is 4.84. The van der Waals surface area contributed by atoms with Crippen LogP contribution in [0.3, 0.4) is 0 Å². The summed E-state index contributed by atoms with van der Waals surface area (Å²) in [5.74, 6) is -0.433. The van der Waals surface area contributed by atoms with Crippen LogP contribution in [0.25, 0.3) is 0 Å². The van der Waals surface area contributed by atoms with E-state index in [1.807, 2.05) is 0 Å². The van der Waals surface area contributed by atoms with Gasteiger partial charge in [0.1, 0.15) is 18.0 Å². The molecule has 0 aliphatic carbocycles. The van der Waals surface area contributed by atoms with E-state index in [0.717, 1.165) is 0 Å². The molecule has 2 fully saturated rings. The SMILES string of the molecule is N[C@H]1CO[C@@H]2[C@@H]1OC[C@@H]2OC(=O)Nc1cccc(F)c1. The van der Waals surface area contributed by atoms with E-state index in [2.05, 4.69) is 5.32 Å². The molecule has 7 heteroatoms. The highest BCUT2D eigenvalue weighted by Crippen LogP contribution is 2.28. The first-order valence-corrected chi connectivity index (χ1v) is 6.35. The lowest BCUT2D eigenvalue weighted by Crippen LogP contribution is -2.38. The van der Waals surface area contributed by atoms with Crippen molar-refractivity contribution in [1.29, 1.82) is 0 Å². The number of rotatable bonds is 2. The zero-order valence-electron chi connectivity index (χ0n) is 10.6. The third-order valence-electron chi connectivity index (χ3n) is 3.38. The molecule has 108 valence electrons. The first-order valence-electron chi connectivity index (χ1n) is 6.35. The fraction of sp³-hybridized carbons (Fsp3) is 0.462. The predicted octanol–water partition coefficient (Wildman–Crippen LogP) is 0.868. The Morgan fingerprint density at radius 3 is 2.95 bits per heavy atom. The Balaban J connectivity index is 1.57. The van der Waals surface area contributed by atoms with E-state index in [-0.39, 0.29) is 24.9 Å². The molecule has 0 aromatic heterocycles. The maximum absolute atomic E-state index is 13.0. The van der Waals surface area contributed by atoms with E-state index in [4.69, 9.17) is 19.9 Å². The van der Waals surface area contributed by atoms with Gasteiger partial charge in [-0.05, 0) is 18.2 Å². The van der Waals surface area contributed by atoms with Crippen LogP contribution in [0.15, 0.2) is 24.3 Å². The molecule has 0 radical (unpaired) electrons. The lowest BCUT2D eigenvalue weighted by atomic mass is 10.1. The van der Waals surface area contributed by atoms with Gasteiger partial charge in [0.2, 0.25) is 0 Å². The summed E-state index contributed by atoms with van der Waals surface area (Å²) >= 11 is 0. The quantitative estimate of drug-likeness (QED) is 0.841. The van der Waals surface area contributed by atoms with Gasteiger partial charge in [-0.1, -0.05) is 6.07 Å². The minimum Gasteiger partial charge on any atom is -0.441 e. The van der Waals surface area contributed by atoms with Crippen LogP contribution in [-0.4, -0.2) is 43.7 Å². The normalized spacial score (nSPS) is 31.9. The van der Waals surface area contributed by atoms with Crippen LogP contribution in [-0.2, 0) is 14.2 Å². The summed E-state index contributed by atoms with van der Waals surface area (Å²) in [6.45, 7) is 0.639. The Hall–Kier alpha value is -1.70. The number of amides is 1. The molecule has 6 nitrogen and oxygen atoms in total. The minimum absolute atomic E-state index is 0.195. The van der Waals surface area contributed by atoms with E-state index >= 15 is 0 Å². The highest BCUT2D eigenvalue weighted by atomic mass is 19.1. The fourth-order valence-corrected chi connectivity index (χ4v) is 2.45. The summed E-state index contributed by atoms with van der Waals surface area (Å²) in [5.41, 5.74) is 6.13. The van der Waals surface area contributed by atoms with Crippen LogP contribution in [0.5, 0.6) is 0 Å². The number of ether oxygens (including phenoxy) is 3. The summed E-state index contributed by atoms with van der Waals surface area (Å²) in [6.07, 6.45) is -1.73. The van der Waals surface area contributed by atoms with Crippen molar-refractivity contribution in [3.05, 3.63) is 30.1 Å². The molecule has 0 unspecified atom stereocenters. The third kappa shape index (κ3) is 2.60. The molecule has 3 rings (SSSR count). The van der Waals surface area contributed by atoms with Gasteiger partial charge in [0.05, 0.1) is 19.3 Å². The lowest BCUT2D eigenvalue weighted by Gasteiger charge is -2.17.